The summed E-state index contributed by atoms with van der Waals surface area (Å²) in [6.45, 7) is 5.84. The number of aromatic nitrogens is 2. The number of thioether (sulfide) groups is 1. The van der Waals surface area contributed by atoms with Crippen LogP contribution >= 0.6 is 11.8 Å². The van der Waals surface area contributed by atoms with Crippen LogP contribution in [0.2, 0.25) is 0 Å². The van der Waals surface area contributed by atoms with Crippen LogP contribution in [-0.2, 0) is 4.79 Å². The number of rotatable bonds is 6. The number of fused-ring (bicyclic) bond motifs is 1. The third-order valence-corrected chi connectivity index (χ3v) is 3.77. The zero-order chi connectivity index (χ0) is 13.8. The topological polar surface area (TPSA) is 55.1 Å². The number of hydrogen-bond acceptors (Lipinski definition) is 3. The van der Waals surface area contributed by atoms with Gasteiger partial charge in [0.1, 0.15) is 0 Å². The predicted octanol–water partition coefficient (Wildman–Crippen LogP) is 3.35. The molecule has 0 saturated carbocycles. The van der Waals surface area contributed by atoms with Crippen LogP contribution in [0.4, 0.5) is 0 Å². The van der Waals surface area contributed by atoms with Gasteiger partial charge in [-0.1, -0.05) is 30.0 Å². The molecule has 5 heteroatoms. The van der Waals surface area contributed by atoms with Crippen molar-refractivity contribution >= 4 is 28.8 Å². The van der Waals surface area contributed by atoms with Crippen molar-refractivity contribution in [3.8, 4) is 0 Å². The number of allylic oxidation sites excluding steroid dienone is 1. The summed E-state index contributed by atoms with van der Waals surface area (Å²) in [4.78, 5) is 15.2. The lowest BCUT2D eigenvalue weighted by Crippen LogP contribution is -2.07. The minimum atomic E-state index is -0.833. The van der Waals surface area contributed by atoms with Crippen LogP contribution in [0.3, 0.4) is 0 Å². The van der Waals surface area contributed by atoms with E-state index in [1.165, 1.54) is 11.8 Å². The Morgan fingerprint density at radius 2 is 2.32 bits per heavy atom. The molecule has 1 heterocycles. The third-order valence-electron chi connectivity index (χ3n) is 2.84. The van der Waals surface area contributed by atoms with E-state index in [4.69, 9.17) is 5.11 Å². The number of aliphatic carboxylic acids is 1. The van der Waals surface area contributed by atoms with E-state index in [9.17, 15) is 4.79 Å². The lowest BCUT2D eigenvalue weighted by atomic mass is 10.2. The van der Waals surface area contributed by atoms with E-state index in [0.29, 0.717) is 0 Å². The van der Waals surface area contributed by atoms with E-state index in [0.717, 1.165) is 22.6 Å². The smallest absolute Gasteiger partial charge is 0.313 e. The number of carbonyl (C=O) groups is 1. The van der Waals surface area contributed by atoms with Crippen molar-refractivity contribution in [2.24, 2.45) is 0 Å². The molecule has 0 fully saturated rings. The maximum atomic E-state index is 10.7. The summed E-state index contributed by atoms with van der Waals surface area (Å²) >= 11 is 1.25. The number of carboxylic acids is 1. The number of hydrogen-bond donors (Lipinski definition) is 1. The second kappa shape index (κ2) is 5.93. The molecule has 0 bridgehead atoms. The minimum absolute atomic E-state index is 0.0180. The fraction of sp³-hybridized carbons (Fsp3) is 0.286. The van der Waals surface area contributed by atoms with Gasteiger partial charge in [0.2, 0.25) is 0 Å². The molecule has 1 N–H and O–H groups in total. The van der Waals surface area contributed by atoms with Gasteiger partial charge in [-0.2, -0.15) is 0 Å². The first-order valence-corrected chi connectivity index (χ1v) is 7.04. The molecule has 0 saturated heterocycles. The van der Waals surface area contributed by atoms with Gasteiger partial charge in [-0.15, -0.1) is 6.58 Å². The first-order chi connectivity index (χ1) is 9.13. The minimum Gasteiger partial charge on any atom is -0.481 e. The van der Waals surface area contributed by atoms with Crippen LogP contribution in [0, 0.1) is 0 Å². The zero-order valence-electron chi connectivity index (χ0n) is 10.7. The zero-order valence-corrected chi connectivity index (χ0v) is 11.6. The lowest BCUT2D eigenvalue weighted by molar-refractivity contribution is -0.133. The third kappa shape index (κ3) is 2.98. The van der Waals surface area contributed by atoms with Crippen LogP contribution < -0.4 is 0 Å². The molecule has 0 aliphatic heterocycles. The summed E-state index contributed by atoms with van der Waals surface area (Å²) in [5.74, 6) is -0.815. The first-order valence-electron chi connectivity index (χ1n) is 6.06. The molecule has 0 spiro atoms. The fourth-order valence-corrected chi connectivity index (χ4v) is 2.86. The molecule has 0 radical (unpaired) electrons. The number of carboxylic acid groups (broad SMARTS) is 1. The van der Waals surface area contributed by atoms with Crippen molar-refractivity contribution in [3.63, 3.8) is 0 Å². The molecular formula is C14H16N2O2S. The van der Waals surface area contributed by atoms with Gasteiger partial charge in [0, 0.05) is 6.04 Å². The van der Waals surface area contributed by atoms with Crippen molar-refractivity contribution in [1.29, 1.82) is 0 Å². The quantitative estimate of drug-likeness (QED) is 0.649. The normalized spacial score (nSPS) is 12.5. The summed E-state index contributed by atoms with van der Waals surface area (Å²) in [6.07, 6.45) is 2.69. The van der Waals surface area contributed by atoms with E-state index >= 15 is 0 Å². The Balaban J connectivity index is 2.45. The largest absolute Gasteiger partial charge is 0.481 e. The Morgan fingerprint density at radius 3 is 3.00 bits per heavy atom. The van der Waals surface area contributed by atoms with Crippen LogP contribution in [0.1, 0.15) is 19.4 Å². The average molecular weight is 276 g/mol. The van der Waals surface area contributed by atoms with Crippen molar-refractivity contribution in [2.45, 2.75) is 24.5 Å². The molecule has 0 amide bonds. The van der Waals surface area contributed by atoms with Crippen molar-refractivity contribution in [1.82, 2.24) is 9.55 Å². The molecule has 1 aromatic heterocycles. The maximum absolute atomic E-state index is 10.7. The van der Waals surface area contributed by atoms with E-state index in [1.54, 1.807) is 0 Å². The van der Waals surface area contributed by atoms with E-state index in [-0.39, 0.29) is 11.8 Å². The number of benzene rings is 1. The molecule has 0 aliphatic carbocycles. The molecule has 2 rings (SSSR count). The second-order valence-electron chi connectivity index (χ2n) is 4.31. The Morgan fingerprint density at radius 1 is 1.58 bits per heavy atom. The van der Waals surface area contributed by atoms with Gasteiger partial charge < -0.3 is 9.67 Å². The monoisotopic (exact) mass is 276 g/mol. The highest BCUT2D eigenvalue weighted by molar-refractivity contribution is 7.99. The van der Waals surface area contributed by atoms with Crippen molar-refractivity contribution < 1.29 is 9.90 Å². The predicted molar refractivity (Wildman–Crippen MR) is 77.6 cm³/mol. The molecule has 2 aromatic rings. The van der Waals surface area contributed by atoms with Crippen LogP contribution in [0.15, 0.2) is 42.1 Å². The first kappa shape index (κ1) is 13.7. The van der Waals surface area contributed by atoms with Crippen molar-refractivity contribution in [3.05, 3.63) is 36.9 Å². The summed E-state index contributed by atoms with van der Waals surface area (Å²) in [5, 5.41) is 9.56. The molecule has 1 aromatic carbocycles. The summed E-state index contributed by atoms with van der Waals surface area (Å²) in [6, 6.07) is 8.06. The molecule has 0 aliphatic rings. The van der Waals surface area contributed by atoms with Gasteiger partial charge in [-0.3, -0.25) is 4.79 Å². The molecule has 1 unspecified atom stereocenters. The van der Waals surface area contributed by atoms with E-state index in [1.807, 2.05) is 30.3 Å². The lowest BCUT2D eigenvalue weighted by Gasteiger charge is -2.15. The van der Waals surface area contributed by atoms with Gasteiger partial charge in [-0.05, 0) is 25.5 Å². The van der Waals surface area contributed by atoms with Gasteiger partial charge in [0.25, 0.3) is 0 Å². The molecule has 100 valence electrons. The number of para-hydroxylation sites is 2. The SMILES string of the molecule is C=CCC(C)n1c(SCC(=O)O)nc2ccccc21. The van der Waals surface area contributed by atoms with Crippen molar-refractivity contribution in [2.75, 3.05) is 5.75 Å². The standard InChI is InChI=1S/C14H16N2O2S/c1-3-6-10(2)16-12-8-5-4-7-11(12)15-14(16)19-9-13(17)18/h3-5,7-8,10H,1,6,9H2,2H3,(H,17,18). The Kier molecular flexibility index (Phi) is 4.27. The van der Waals surface area contributed by atoms with Crippen LogP contribution in [0.5, 0.6) is 0 Å². The van der Waals surface area contributed by atoms with Gasteiger partial charge >= 0.3 is 5.97 Å². The van der Waals surface area contributed by atoms with E-state index < -0.39 is 5.97 Å². The highest BCUT2D eigenvalue weighted by atomic mass is 32.2. The van der Waals surface area contributed by atoms with Crippen LogP contribution in [-0.4, -0.2) is 26.4 Å². The maximum Gasteiger partial charge on any atom is 0.313 e. The fourth-order valence-electron chi connectivity index (χ4n) is 2.02. The average Bonchev–Trinajstić information content (AvgIpc) is 2.74. The van der Waals surface area contributed by atoms with Crippen LogP contribution in [0.25, 0.3) is 11.0 Å². The van der Waals surface area contributed by atoms with Gasteiger partial charge in [0.05, 0.1) is 16.8 Å². The number of imidazole rings is 1. The summed E-state index contributed by atoms with van der Waals surface area (Å²) < 4.78 is 2.09. The molecular weight excluding hydrogens is 260 g/mol. The Labute approximate surface area is 116 Å². The Hall–Kier alpha value is -1.75. The molecule has 19 heavy (non-hydrogen) atoms. The number of nitrogens with zero attached hydrogens (tertiary/aromatic N) is 2. The summed E-state index contributed by atoms with van der Waals surface area (Å²) in [5.41, 5.74) is 1.93. The summed E-state index contributed by atoms with van der Waals surface area (Å²) in [7, 11) is 0. The Bertz CT molecular complexity index is 607. The van der Waals surface area contributed by atoms with E-state index in [2.05, 4.69) is 23.1 Å². The highest BCUT2D eigenvalue weighted by Gasteiger charge is 2.16. The van der Waals surface area contributed by atoms with Gasteiger partial charge in [-0.25, -0.2) is 4.98 Å². The highest BCUT2D eigenvalue weighted by Crippen LogP contribution is 2.29. The second-order valence-corrected chi connectivity index (χ2v) is 5.25. The molecule has 1 atom stereocenters. The molecule has 4 nitrogen and oxygen atoms in total. The van der Waals surface area contributed by atoms with Gasteiger partial charge in [0.15, 0.2) is 5.16 Å².